The molecule has 1 aromatic heterocycles. The third-order valence-electron chi connectivity index (χ3n) is 3.94. The van der Waals surface area contributed by atoms with Crippen molar-refractivity contribution >= 4 is 5.91 Å². The lowest BCUT2D eigenvalue weighted by molar-refractivity contribution is -0.137. The standard InChI is InChI=1S/C15H23N3O/c1-12-4-2-6-14(10-16)18(12)15(19)8-7-13-5-3-9-17-11-13/h3,5,9,11-12,14H,2,4,6-8,10,16H2,1H3. The maximum absolute atomic E-state index is 12.4. The van der Waals surface area contributed by atoms with Crippen LogP contribution in [0.4, 0.5) is 0 Å². The lowest BCUT2D eigenvalue weighted by atomic mass is 9.95. The third-order valence-corrected chi connectivity index (χ3v) is 3.94. The molecule has 2 rings (SSSR count). The summed E-state index contributed by atoms with van der Waals surface area (Å²) in [7, 11) is 0. The molecule has 1 aliphatic heterocycles. The number of hydrogen-bond acceptors (Lipinski definition) is 3. The summed E-state index contributed by atoms with van der Waals surface area (Å²) >= 11 is 0. The molecule has 2 N–H and O–H groups in total. The summed E-state index contributed by atoms with van der Waals surface area (Å²) in [4.78, 5) is 18.5. The Hall–Kier alpha value is -1.42. The monoisotopic (exact) mass is 261 g/mol. The van der Waals surface area contributed by atoms with Gasteiger partial charge in [0.25, 0.3) is 0 Å². The Morgan fingerprint density at radius 2 is 2.37 bits per heavy atom. The number of aromatic nitrogens is 1. The summed E-state index contributed by atoms with van der Waals surface area (Å²) < 4.78 is 0. The molecule has 2 unspecified atom stereocenters. The van der Waals surface area contributed by atoms with E-state index in [-0.39, 0.29) is 11.9 Å². The van der Waals surface area contributed by atoms with E-state index in [4.69, 9.17) is 5.73 Å². The minimum absolute atomic E-state index is 0.227. The Kier molecular flexibility index (Phi) is 4.91. The van der Waals surface area contributed by atoms with Gasteiger partial charge in [-0.1, -0.05) is 6.07 Å². The van der Waals surface area contributed by atoms with Crippen molar-refractivity contribution in [2.75, 3.05) is 6.54 Å². The van der Waals surface area contributed by atoms with E-state index in [1.165, 1.54) is 6.42 Å². The van der Waals surface area contributed by atoms with Crippen LogP contribution >= 0.6 is 0 Å². The summed E-state index contributed by atoms with van der Waals surface area (Å²) in [5, 5.41) is 0. The van der Waals surface area contributed by atoms with E-state index >= 15 is 0 Å². The highest BCUT2D eigenvalue weighted by Crippen LogP contribution is 2.23. The molecule has 1 saturated heterocycles. The van der Waals surface area contributed by atoms with Gasteiger partial charge in [-0.2, -0.15) is 0 Å². The Labute approximate surface area is 115 Å². The van der Waals surface area contributed by atoms with Crippen LogP contribution in [0.5, 0.6) is 0 Å². The zero-order valence-electron chi connectivity index (χ0n) is 11.6. The van der Waals surface area contributed by atoms with Crippen LogP contribution in [0.2, 0.25) is 0 Å². The van der Waals surface area contributed by atoms with Gasteiger partial charge in [0.1, 0.15) is 0 Å². The highest BCUT2D eigenvalue weighted by molar-refractivity contribution is 5.77. The first-order chi connectivity index (χ1) is 9.22. The van der Waals surface area contributed by atoms with Gasteiger partial charge in [-0.25, -0.2) is 0 Å². The van der Waals surface area contributed by atoms with Gasteiger partial charge in [0.2, 0.25) is 5.91 Å². The first-order valence-electron chi connectivity index (χ1n) is 7.12. The SMILES string of the molecule is CC1CCCC(CN)N1C(=O)CCc1cccnc1. The molecule has 0 spiro atoms. The van der Waals surface area contributed by atoms with Gasteiger partial charge in [-0.15, -0.1) is 0 Å². The number of carbonyl (C=O) groups excluding carboxylic acids is 1. The fourth-order valence-corrected chi connectivity index (χ4v) is 2.89. The zero-order chi connectivity index (χ0) is 13.7. The second-order valence-electron chi connectivity index (χ2n) is 5.33. The second kappa shape index (κ2) is 6.66. The van der Waals surface area contributed by atoms with Gasteiger partial charge in [0.05, 0.1) is 0 Å². The van der Waals surface area contributed by atoms with Gasteiger partial charge in [0.15, 0.2) is 0 Å². The largest absolute Gasteiger partial charge is 0.336 e. The highest BCUT2D eigenvalue weighted by Gasteiger charge is 2.30. The van der Waals surface area contributed by atoms with E-state index in [2.05, 4.69) is 11.9 Å². The summed E-state index contributed by atoms with van der Waals surface area (Å²) in [6.07, 6.45) is 8.19. The number of carbonyl (C=O) groups is 1. The van der Waals surface area contributed by atoms with Crippen molar-refractivity contribution in [2.24, 2.45) is 5.73 Å². The molecule has 1 fully saturated rings. The van der Waals surface area contributed by atoms with Crippen molar-refractivity contribution in [1.29, 1.82) is 0 Å². The summed E-state index contributed by atoms with van der Waals surface area (Å²) in [6, 6.07) is 4.47. The quantitative estimate of drug-likeness (QED) is 0.898. The molecule has 0 radical (unpaired) electrons. The molecule has 4 nitrogen and oxygen atoms in total. The zero-order valence-corrected chi connectivity index (χ0v) is 11.6. The van der Waals surface area contributed by atoms with Gasteiger partial charge in [0, 0.05) is 37.4 Å². The lowest BCUT2D eigenvalue weighted by Gasteiger charge is -2.40. The second-order valence-corrected chi connectivity index (χ2v) is 5.33. The van der Waals surface area contributed by atoms with E-state index in [0.717, 1.165) is 24.8 Å². The average Bonchev–Trinajstić information content (AvgIpc) is 2.45. The van der Waals surface area contributed by atoms with Gasteiger partial charge in [-0.05, 0) is 44.2 Å². The van der Waals surface area contributed by atoms with Crippen molar-refractivity contribution in [3.8, 4) is 0 Å². The fraction of sp³-hybridized carbons (Fsp3) is 0.600. The fourth-order valence-electron chi connectivity index (χ4n) is 2.89. The first-order valence-corrected chi connectivity index (χ1v) is 7.12. The van der Waals surface area contributed by atoms with Crippen LogP contribution in [0.25, 0.3) is 0 Å². The molecule has 0 aromatic carbocycles. The molecular formula is C15H23N3O. The molecule has 1 aliphatic rings. The molecule has 19 heavy (non-hydrogen) atoms. The van der Waals surface area contributed by atoms with Crippen LogP contribution in [0.15, 0.2) is 24.5 Å². The number of rotatable bonds is 4. The van der Waals surface area contributed by atoms with Gasteiger partial charge < -0.3 is 10.6 Å². The maximum atomic E-state index is 12.4. The average molecular weight is 261 g/mol. The van der Waals surface area contributed by atoms with Crippen molar-refractivity contribution < 1.29 is 4.79 Å². The van der Waals surface area contributed by atoms with Crippen molar-refractivity contribution in [1.82, 2.24) is 9.88 Å². The summed E-state index contributed by atoms with van der Waals surface area (Å²) in [6.45, 7) is 2.70. The third kappa shape index (κ3) is 3.53. The summed E-state index contributed by atoms with van der Waals surface area (Å²) in [5.74, 6) is 0.228. The Balaban J connectivity index is 1.94. The maximum Gasteiger partial charge on any atom is 0.223 e. The Bertz CT molecular complexity index is 407. The number of piperidine rings is 1. The summed E-state index contributed by atoms with van der Waals surface area (Å²) in [5.41, 5.74) is 6.91. The smallest absolute Gasteiger partial charge is 0.223 e. The van der Waals surface area contributed by atoms with Gasteiger partial charge >= 0.3 is 0 Å². The van der Waals surface area contributed by atoms with Crippen molar-refractivity contribution in [3.05, 3.63) is 30.1 Å². The van der Waals surface area contributed by atoms with E-state index in [1.54, 1.807) is 6.20 Å². The van der Waals surface area contributed by atoms with Gasteiger partial charge in [-0.3, -0.25) is 9.78 Å². The molecule has 1 amide bonds. The Morgan fingerprint density at radius 1 is 1.53 bits per heavy atom. The van der Waals surface area contributed by atoms with Crippen LogP contribution in [-0.4, -0.2) is 34.4 Å². The molecule has 0 saturated carbocycles. The number of pyridine rings is 1. The normalized spacial score (nSPS) is 23.4. The number of aryl methyl sites for hydroxylation is 1. The number of hydrogen-bond donors (Lipinski definition) is 1. The number of nitrogens with two attached hydrogens (primary N) is 1. The Morgan fingerprint density at radius 3 is 3.05 bits per heavy atom. The first kappa shape index (κ1) is 14.0. The minimum atomic E-state index is 0.227. The topological polar surface area (TPSA) is 59.2 Å². The van der Waals surface area contributed by atoms with Crippen LogP contribution in [0, 0.1) is 0 Å². The number of nitrogens with zero attached hydrogens (tertiary/aromatic N) is 2. The molecule has 104 valence electrons. The predicted octanol–water partition coefficient (Wildman–Crippen LogP) is 1.74. The van der Waals surface area contributed by atoms with E-state index in [9.17, 15) is 4.79 Å². The molecular weight excluding hydrogens is 238 g/mol. The molecule has 4 heteroatoms. The van der Waals surface area contributed by atoms with Crippen LogP contribution < -0.4 is 5.73 Å². The number of amides is 1. The van der Waals surface area contributed by atoms with E-state index in [1.807, 2.05) is 23.2 Å². The van der Waals surface area contributed by atoms with E-state index < -0.39 is 0 Å². The van der Waals surface area contributed by atoms with E-state index in [0.29, 0.717) is 19.0 Å². The highest BCUT2D eigenvalue weighted by atomic mass is 16.2. The molecule has 2 atom stereocenters. The predicted molar refractivity (Wildman–Crippen MR) is 75.6 cm³/mol. The molecule has 0 aliphatic carbocycles. The van der Waals surface area contributed by atoms with Crippen LogP contribution in [0.1, 0.15) is 38.2 Å². The minimum Gasteiger partial charge on any atom is -0.336 e. The molecule has 2 heterocycles. The van der Waals surface area contributed by atoms with Crippen molar-refractivity contribution in [3.63, 3.8) is 0 Å². The van der Waals surface area contributed by atoms with Crippen LogP contribution in [-0.2, 0) is 11.2 Å². The number of likely N-dealkylation sites (tertiary alicyclic amines) is 1. The van der Waals surface area contributed by atoms with Crippen molar-refractivity contribution in [2.45, 2.75) is 51.1 Å². The van der Waals surface area contributed by atoms with Crippen LogP contribution in [0.3, 0.4) is 0 Å². The molecule has 1 aromatic rings. The molecule has 0 bridgehead atoms. The lowest BCUT2D eigenvalue weighted by Crippen LogP contribution is -2.51.